The fourth-order valence-corrected chi connectivity index (χ4v) is 0.686. The average Bonchev–Trinajstić information content (AvgIpc) is 2.00. The van der Waals surface area contributed by atoms with E-state index in [4.69, 9.17) is 12.8 Å². The van der Waals surface area contributed by atoms with Crippen LogP contribution in [0.3, 0.4) is 0 Å². The maximum Gasteiger partial charge on any atom is 0.235 e. The number of hydrogen-bond acceptors (Lipinski definition) is 1. The molecule has 0 fully saturated rings. The normalized spacial score (nSPS) is 7.91. The summed E-state index contributed by atoms with van der Waals surface area (Å²) in [6.07, 6.45) is 10.1. The number of carbonyl (C=O) groups is 1. The third-order valence-electron chi connectivity index (χ3n) is 1.27. The second-order valence-corrected chi connectivity index (χ2v) is 1.99. The largest absolute Gasteiger partial charge is 0.331 e. The molecule has 0 atom stereocenters. The molecular formula is C9H11NO. The summed E-state index contributed by atoms with van der Waals surface area (Å²) < 4.78 is 0. The number of terminal acetylenes is 2. The van der Waals surface area contributed by atoms with Gasteiger partial charge in [0, 0.05) is 6.54 Å². The highest BCUT2D eigenvalue weighted by Crippen LogP contribution is 1.91. The number of carbonyl (C=O) groups excluding carboxylic acids is 1. The summed E-state index contributed by atoms with van der Waals surface area (Å²) >= 11 is 0. The van der Waals surface area contributed by atoms with Gasteiger partial charge in [-0.3, -0.25) is 4.79 Å². The van der Waals surface area contributed by atoms with Crippen LogP contribution in [-0.2, 0) is 4.79 Å². The van der Waals surface area contributed by atoms with Crippen molar-refractivity contribution in [2.45, 2.75) is 13.3 Å². The third kappa shape index (κ3) is 3.33. The van der Waals surface area contributed by atoms with E-state index < -0.39 is 0 Å². The van der Waals surface area contributed by atoms with Crippen molar-refractivity contribution in [2.24, 2.45) is 0 Å². The second-order valence-electron chi connectivity index (χ2n) is 1.99. The summed E-state index contributed by atoms with van der Waals surface area (Å²) in [6, 6.07) is 0. The van der Waals surface area contributed by atoms with Crippen LogP contribution in [0.5, 0.6) is 0 Å². The first-order valence-electron chi connectivity index (χ1n) is 3.41. The lowest BCUT2D eigenvalue weighted by Crippen LogP contribution is -2.30. The van der Waals surface area contributed by atoms with Crippen LogP contribution in [0, 0.1) is 24.7 Å². The van der Waals surface area contributed by atoms with Gasteiger partial charge >= 0.3 is 0 Å². The zero-order chi connectivity index (χ0) is 8.69. The molecule has 0 aliphatic heterocycles. The Labute approximate surface area is 67.6 Å². The van der Waals surface area contributed by atoms with Gasteiger partial charge in [0.25, 0.3) is 0 Å². The Balaban J connectivity index is 3.96. The lowest BCUT2D eigenvalue weighted by Gasteiger charge is -2.15. The van der Waals surface area contributed by atoms with Crippen molar-refractivity contribution in [2.75, 3.05) is 13.1 Å². The monoisotopic (exact) mass is 149 g/mol. The Morgan fingerprint density at radius 2 is 2.09 bits per heavy atom. The molecule has 0 N–H and O–H groups in total. The first kappa shape index (κ1) is 9.59. The second kappa shape index (κ2) is 5.38. The van der Waals surface area contributed by atoms with Crippen molar-refractivity contribution in [3.05, 3.63) is 0 Å². The first-order valence-corrected chi connectivity index (χ1v) is 3.41. The molecule has 0 saturated carbocycles. The van der Waals surface area contributed by atoms with E-state index in [1.54, 1.807) is 4.90 Å². The number of rotatable bonds is 3. The molecule has 11 heavy (non-hydrogen) atoms. The highest BCUT2D eigenvalue weighted by atomic mass is 16.2. The fourth-order valence-electron chi connectivity index (χ4n) is 0.686. The van der Waals surface area contributed by atoms with E-state index in [-0.39, 0.29) is 12.3 Å². The Bertz CT molecular complexity index is 207. The Morgan fingerprint density at radius 3 is 2.45 bits per heavy atom. The minimum atomic E-state index is -0.0760. The Kier molecular flexibility index (Phi) is 4.69. The van der Waals surface area contributed by atoms with Crippen LogP contribution in [0.1, 0.15) is 13.3 Å². The van der Waals surface area contributed by atoms with E-state index in [9.17, 15) is 4.79 Å². The molecule has 0 aromatic heterocycles. The van der Waals surface area contributed by atoms with Gasteiger partial charge in [-0.1, -0.05) is 11.8 Å². The standard InChI is InChI=1S/C9H11NO/c1-4-7-9(11)10(6-3)8-5-2/h1-2H,6-8H2,3H3. The van der Waals surface area contributed by atoms with Crippen LogP contribution in [0.4, 0.5) is 0 Å². The van der Waals surface area contributed by atoms with Gasteiger partial charge in [-0.05, 0) is 6.92 Å². The van der Waals surface area contributed by atoms with E-state index in [0.29, 0.717) is 13.1 Å². The van der Waals surface area contributed by atoms with E-state index in [0.717, 1.165) is 0 Å². The van der Waals surface area contributed by atoms with Gasteiger partial charge in [0.05, 0.1) is 13.0 Å². The highest BCUT2D eigenvalue weighted by Gasteiger charge is 2.06. The molecule has 0 saturated heterocycles. The topological polar surface area (TPSA) is 20.3 Å². The van der Waals surface area contributed by atoms with Gasteiger partial charge in [-0.2, -0.15) is 0 Å². The predicted octanol–water partition coefficient (Wildman–Crippen LogP) is 0.491. The Morgan fingerprint density at radius 1 is 1.45 bits per heavy atom. The van der Waals surface area contributed by atoms with E-state index in [1.807, 2.05) is 6.92 Å². The highest BCUT2D eigenvalue weighted by molar-refractivity contribution is 5.78. The lowest BCUT2D eigenvalue weighted by molar-refractivity contribution is -0.129. The van der Waals surface area contributed by atoms with Crippen LogP contribution in [0.25, 0.3) is 0 Å². The molecule has 0 aromatic carbocycles. The zero-order valence-corrected chi connectivity index (χ0v) is 6.63. The molecule has 0 aliphatic carbocycles. The molecule has 0 unspecified atom stereocenters. The molecule has 0 aliphatic rings. The summed E-state index contributed by atoms with van der Waals surface area (Å²) in [6.45, 7) is 2.83. The molecule has 2 nitrogen and oxygen atoms in total. The minimum absolute atomic E-state index is 0.0760. The van der Waals surface area contributed by atoms with Crippen molar-refractivity contribution < 1.29 is 4.79 Å². The molecule has 58 valence electrons. The van der Waals surface area contributed by atoms with E-state index in [2.05, 4.69) is 11.8 Å². The van der Waals surface area contributed by atoms with Gasteiger partial charge < -0.3 is 4.90 Å². The maximum atomic E-state index is 11.1. The molecule has 1 amide bonds. The van der Waals surface area contributed by atoms with Crippen LogP contribution in [0.2, 0.25) is 0 Å². The van der Waals surface area contributed by atoms with E-state index in [1.165, 1.54) is 0 Å². The minimum Gasteiger partial charge on any atom is -0.331 e. The molecule has 2 heteroatoms. The number of hydrogen-bond donors (Lipinski definition) is 0. The molecular weight excluding hydrogens is 138 g/mol. The quantitative estimate of drug-likeness (QED) is 0.535. The van der Waals surface area contributed by atoms with Gasteiger partial charge in [0.1, 0.15) is 0 Å². The summed E-state index contributed by atoms with van der Waals surface area (Å²) in [7, 11) is 0. The molecule has 0 spiro atoms. The van der Waals surface area contributed by atoms with Crippen molar-refractivity contribution in [1.29, 1.82) is 0 Å². The molecule has 0 radical (unpaired) electrons. The van der Waals surface area contributed by atoms with Crippen LogP contribution in [0.15, 0.2) is 0 Å². The Hall–Kier alpha value is -1.41. The smallest absolute Gasteiger partial charge is 0.235 e. The maximum absolute atomic E-state index is 11.1. The van der Waals surface area contributed by atoms with Crippen molar-refractivity contribution >= 4 is 5.91 Å². The van der Waals surface area contributed by atoms with Crippen LogP contribution >= 0.6 is 0 Å². The fraction of sp³-hybridized carbons (Fsp3) is 0.444. The van der Waals surface area contributed by atoms with Crippen molar-refractivity contribution in [1.82, 2.24) is 4.90 Å². The molecule has 0 heterocycles. The van der Waals surface area contributed by atoms with Gasteiger partial charge in [0.2, 0.25) is 5.91 Å². The summed E-state index contributed by atoms with van der Waals surface area (Å²) in [5.74, 6) is 4.60. The van der Waals surface area contributed by atoms with Crippen LogP contribution in [-0.4, -0.2) is 23.9 Å². The number of amides is 1. The van der Waals surface area contributed by atoms with Crippen molar-refractivity contribution in [3.63, 3.8) is 0 Å². The predicted molar refractivity (Wildman–Crippen MR) is 44.5 cm³/mol. The summed E-state index contributed by atoms with van der Waals surface area (Å²) in [5.41, 5.74) is 0. The lowest BCUT2D eigenvalue weighted by atomic mass is 10.3. The van der Waals surface area contributed by atoms with Crippen molar-refractivity contribution in [3.8, 4) is 24.7 Å². The zero-order valence-electron chi connectivity index (χ0n) is 6.63. The average molecular weight is 149 g/mol. The summed E-state index contributed by atoms with van der Waals surface area (Å²) in [5, 5.41) is 0. The van der Waals surface area contributed by atoms with Gasteiger partial charge in [-0.25, -0.2) is 0 Å². The molecule has 0 rings (SSSR count). The van der Waals surface area contributed by atoms with E-state index >= 15 is 0 Å². The first-order chi connectivity index (χ1) is 5.26. The SMILES string of the molecule is C#CCC(=O)N(CC)CC#C. The van der Waals surface area contributed by atoms with Gasteiger partial charge in [-0.15, -0.1) is 12.8 Å². The number of nitrogens with zero attached hydrogens (tertiary/aromatic N) is 1. The third-order valence-corrected chi connectivity index (χ3v) is 1.27. The van der Waals surface area contributed by atoms with Gasteiger partial charge in [0.15, 0.2) is 0 Å². The molecule has 0 aromatic rings. The molecule has 0 bridgehead atoms. The summed E-state index contributed by atoms with van der Waals surface area (Å²) in [4.78, 5) is 12.6. The van der Waals surface area contributed by atoms with Crippen LogP contribution < -0.4 is 0 Å².